The second kappa shape index (κ2) is 6.58. The largest absolute Gasteiger partial charge is 0.370 e. The quantitative estimate of drug-likeness (QED) is 0.946. The summed E-state index contributed by atoms with van der Waals surface area (Å²) in [5.74, 6) is -1.18. The molecule has 118 valence electrons. The Bertz CT molecular complexity index is 731. The van der Waals surface area contributed by atoms with Gasteiger partial charge >= 0.3 is 0 Å². The number of benzene rings is 2. The standard InChI is InChI=1S/C17H15FN2O3/c18-15-4-2-1-3-14(15)17(22)19-12-5-7-13(8-6-12)20-9-10-23-11-16(20)21/h1-8H,9-11H2,(H,19,22). The number of hydrogen-bond donors (Lipinski definition) is 1. The van der Waals surface area contributed by atoms with Crippen LogP contribution in [0.4, 0.5) is 15.8 Å². The van der Waals surface area contributed by atoms with Crippen molar-refractivity contribution in [1.29, 1.82) is 0 Å². The number of carbonyl (C=O) groups is 2. The van der Waals surface area contributed by atoms with E-state index in [2.05, 4.69) is 5.32 Å². The number of morpholine rings is 1. The Hall–Kier alpha value is -2.73. The van der Waals surface area contributed by atoms with Crippen LogP contribution in [0.3, 0.4) is 0 Å². The summed E-state index contributed by atoms with van der Waals surface area (Å²) in [4.78, 5) is 25.4. The third-order valence-electron chi connectivity index (χ3n) is 3.54. The van der Waals surface area contributed by atoms with Crippen molar-refractivity contribution in [2.45, 2.75) is 0 Å². The van der Waals surface area contributed by atoms with Crippen LogP contribution in [0, 0.1) is 5.82 Å². The Morgan fingerprint density at radius 2 is 1.87 bits per heavy atom. The van der Waals surface area contributed by atoms with E-state index in [9.17, 15) is 14.0 Å². The molecule has 0 aliphatic carbocycles. The number of anilines is 2. The lowest BCUT2D eigenvalue weighted by Crippen LogP contribution is -2.41. The van der Waals surface area contributed by atoms with E-state index in [0.29, 0.717) is 18.8 Å². The molecule has 1 aliphatic rings. The van der Waals surface area contributed by atoms with Gasteiger partial charge in [-0.2, -0.15) is 0 Å². The lowest BCUT2D eigenvalue weighted by atomic mass is 10.2. The van der Waals surface area contributed by atoms with Crippen molar-refractivity contribution in [2.24, 2.45) is 0 Å². The van der Waals surface area contributed by atoms with Gasteiger partial charge in [0.05, 0.1) is 12.2 Å². The fourth-order valence-corrected chi connectivity index (χ4v) is 2.36. The van der Waals surface area contributed by atoms with Crippen LogP contribution in [-0.2, 0) is 9.53 Å². The maximum Gasteiger partial charge on any atom is 0.258 e. The maximum absolute atomic E-state index is 13.6. The van der Waals surface area contributed by atoms with Crippen molar-refractivity contribution >= 4 is 23.2 Å². The Labute approximate surface area is 132 Å². The van der Waals surface area contributed by atoms with E-state index in [-0.39, 0.29) is 18.1 Å². The minimum Gasteiger partial charge on any atom is -0.370 e. The van der Waals surface area contributed by atoms with E-state index in [1.165, 1.54) is 18.2 Å². The summed E-state index contributed by atoms with van der Waals surface area (Å²) in [5, 5.41) is 2.63. The molecule has 3 rings (SSSR count). The number of hydrogen-bond acceptors (Lipinski definition) is 3. The molecule has 6 heteroatoms. The first kappa shape index (κ1) is 15.2. The molecule has 5 nitrogen and oxygen atoms in total. The molecule has 1 fully saturated rings. The van der Waals surface area contributed by atoms with E-state index >= 15 is 0 Å². The topological polar surface area (TPSA) is 58.6 Å². The molecule has 0 spiro atoms. The fourth-order valence-electron chi connectivity index (χ4n) is 2.36. The van der Waals surface area contributed by atoms with Crippen molar-refractivity contribution in [2.75, 3.05) is 30.0 Å². The van der Waals surface area contributed by atoms with Gasteiger partial charge in [-0.3, -0.25) is 9.59 Å². The summed E-state index contributed by atoms with van der Waals surface area (Å²) in [6.45, 7) is 1.07. The van der Waals surface area contributed by atoms with Gasteiger partial charge in [0, 0.05) is 17.9 Å². The minimum absolute atomic E-state index is 0.0140. The molecule has 0 aromatic heterocycles. The Kier molecular flexibility index (Phi) is 4.34. The van der Waals surface area contributed by atoms with Crippen LogP contribution in [0.1, 0.15) is 10.4 Å². The van der Waals surface area contributed by atoms with Gasteiger partial charge in [0.2, 0.25) is 0 Å². The number of nitrogens with zero attached hydrogens (tertiary/aromatic N) is 1. The molecule has 2 amide bonds. The summed E-state index contributed by atoms with van der Waals surface area (Å²) in [6, 6.07) is 12.6. The maximum atomic E-state index is 13.6. The first-order valence-corrected chi connectivity index (χ1v) is 7.19. The van der Waals surface area contributed by atoms with Crippen LogP contribution in [0.15, 0.2) is 48.5 Å². The first-order valence-electron chi connectivity index (χ1n) is 7.19. The summed E-state index contributed by atoms with van der Waals surface area (Å²) >= 11 is 0. The van der Waals surface area contributed by atoms with E-state index in [0.717, 1.165) is 5.69 Å². The van der Waals surface area contributed by atoms with Gasteiger partial charge in [-0.1, -0.05) is 12.1 Å². The number of nitrogens with one attached hydrogen (secondary N) is 1. The van der Waals surface area contributed by atoms with Gasteiger partial charge in [-0.05, 0) is 36.4 Å². The molecular weight excluding hydrogens is 299 g/mol. The van der Waals surface area contributed by atoms with Crippen LogP contribution < -0.4 is 10.2 Å². The van der Waals surface area contributed by atoms with E-state index < -0.39 is 11.7 Å². The van der Waals surface area contributed by atoms with Crippen LogP contribution in [0.25, 0.3) is 0 Å². The summed E-state index contributed by atoms with van der Waals surface area (Å²) in [6.07, 6.45) is 0. The Morgan fingerprint density at radius 1 is 1.13 bits per heavy atom. The van der Waals surface area contributed by atoms with Crippen molar-refractivity contribution in [3.05, 3.63) is 59.9 Å². The monoisotopic (exact) mass is 314 g/mol. The molecule has 1 N–H and O–H groups in total. The second-order valence-corrected chi connectivity index (χ2v) is 5.08. The molecule has 1 saturated heterocycles. The normalized spacial score (nSPS) is 14.7. The zero-order chi connectivity index (χ0) is 16.2. The Balaban J connectivity index is 1.71. The van der Waals surface area contributed by atoms with Gasteiger partial charge < -0.3 is 15.0 Å². The molecule has 2 aromatic carbocycles. The number of carbonyl (C=O) groups excluding carboxylic acids is 2. The first-order chi connectivity index (χ1) is 11.1. The lowest BCUT2D eigenvalue weighted by Gasteiger charge is -2.26. The highest BCUT2D eigenvalue weighted by Gasteiger charge is 2.20. The molecule has 0 atom stereocenters. The molecule has 1 heterocycles. The zero-order valence-electron chi connectivity index (χ0n) is 12.3. The third kappa shape index (κ3) is 3.37. The van der Waals surface area contributed by atoms with Crippen LogP contribution in [0.2, 0.25) is 0 Å². The SMILES string of the molecule is O=C(Nc1ccc(N2CCOCC2=O)cc1)c1ccccc1F. The second-order valence-electron chi connectivity index (χ2n) is 5.08. The predicted molar refractivity (Wildman–Crippen MR) is 84.0 cm³/mol. The van der Waals surface area contributed by atoms with Crippen LogP contribution in [0.5, 0.6) is 0 Å². The van der Waals surface area contributed by atoms with Gasteiger partial charge in [0.25, 0.3) is 11.8 Å². The van der Waals surface area contributed by atoms with E-state index in [1.807, 2.05) is 0 Å². The summed E-state index contributed by atoms with van der Waals surface area (Å²) in [5.41, 5.74) is 1.25. The zero-order valence-corrected chi connectivity index (χ0v) is 12.3. The number of amides is 2. The minimum atomic E-state index is -0.569. The molecule has 0 unspecified atom stereocenters. The van der Waals surface area contributed by atoms with E-state index in [4.69, 9.17) is 4.74 Å². The third-order valence-corrected chi connectivity index (χ3v) is 3.54. The molecule has 23 heavy (non-hydrogen) atoms. The van der Waals surface area contributed by atoms with Gasteiger partial charge in [0.1, 0.15) is 12.4 Å². The number of ether oxygens (including phenoxy) is 1. The highest BCUT2D eigenvalue weighted by Crippen LogP contribution is 2.20. The number of rotatable bonds is 3. The van der Waals surface area contributed by atoms with Gasteiger partial charge in [0.15, 0.2) is 0 Å². The van der Waals surface area contributed by atoms with Crippen LogP contribution in [-0.4, -0.2) is 31.6 Å². The van der Waals surface area contributed by atoms with E-state index in [1.54, 1.807) is 35.2 Å². The molecule has 0 radical (unpaired) electrons. The van der Waals surface area contributed by atoms with Crippen molar-refractivity contribution in [1.82, 2.24) is 0 Å². The summed E-state index contributed by atoms with van der Waals surface area (Å²) in [7, 11) is 0. The predicted octanol–water partition coefficient (Wildman–Crippen LogP) is 2.44. The Morgan fingerprint density at radius 3 is 2.57 bits per heavy atom. The molecule has 0 saturated carbocycles. The summed E-state index contributed by atoms with van der Waals surface area (Å²) < 4.78 is 18.7. The van der Waals surface area contributed by atoms with Crippen LogP contribution >= 0.6 is 0 Å². The smallest absolute Gasteiger partial charge is 0.258 e. The molecule has 0 bridgehead atoms. The highest BCUT2D eigenvalue weighted by molar-refractivity contribution is 6.04. The molecule has 2 aromatic rings. The average molecular weight is 314 g/mol. The average Bonchev–Trinajstić information content (AvgIpc) is 2.56. The lowest BCUT2D eigenvalue weighted by molar-refractivity contribution is -0.125. The van der Waals surface area contributed by atoms with Crippen molar-refractivity contribution in [3.8, 4) is 0 Å². The highest BCUT2D eigenvalue weighted by atomic mass is 19.1. The number of halogens is 1. The fraction of sp³-hybridized carbons (Fsp3) is 0.176. The van der Waals surface area contributed by atoms with Gasteiger partial charge in [-0.25, -0.2) is 4.39 Å². The molecular formula is C17H15FN2O3. The van der Waals surface area contributed by atoms with Gasteiger partial charge in [-0.15, -0.1) is 0 Å². The molecule has 1 aliphatic heterocycles. The van der Waals surface area contributed by atoms with Crippen molar-refractivity contribution in [3.63, 3.8) is 0 Å². The van der Waals surface area contributed by atoms with Crippen molar-refractivity contribution < 1.29 is 18.7 Å².